The second-order valence-corrected chi connectivity index (χ2v) is 8.98. The summed E-state index contributed by atoms with van der Waals surface area (Å²) in [6.45, 7) is 4.78. The van der Waals surface area contributed by atoms with E-state index in [9.17, 15) is 9.18 Å². The van der Waals surface area contributed by atoms with Gasteiger partial charge in [0.25, 0.3) is 0 Å². The lowest BCUT2D eigenvalue weighted by Crippen LogP contribution is -2.23. The molecule has 0 aliphatic rings. The molecule has 0 unspecified atom stereocenters. The molecule has 0 radical (unpaired) electrons. The standard InChI is InChI=1S/C32H28FNO3/c1-3-36-30-19-31-28(29(20-37-31)25-11-10-23-6-4-5-7-24(23)17-25)18-27(30)21(2)16-32(35)34-15-14-22-8-12-26(33)13-9-22/h4-13,16-20H,3,14-15H2,1-2H3,(H,34,35)/b21-16+. The van der Waals surface area contributed by atoms with Crippen molar-refractivity contribution in [2.45, 2.75) is 20.3 Å². The highest BCUT2D eigenvalue weighted by atomic mass is 19.1. The molecule has 0 saturated heterocycles. The summed E-state index contributed by atoms with van der Waals surface area (Å²) in [5.41, 5.74) is 5.37. The normalized spacial score (nSPS) is 11.7. The second-order valence-electron chi connectivity index (χ2n) is 8.98. The van der Waals surface area contributed by atoms with E-state index in [2.05, 4.69) is 35.6 Å². The van der Waals surface area contributed by atoms with Crippen molar-refractivity contribution >= 4 is 33.2 Å². The Labute approximate surface area is 215 Å². The van der Waals surface area contributed by atoms with Gasteiger partial charge in [0.1, 0.15) is 17.1 Å². The van der Waals surface area contributed by atoms with Gasteiger partial charge in [0, 0.05) is 35.2 Å². The largest absolute Gasteiger partial charge is 0.493 e. The molecule has 0 bridgehead atoms. The van der Waals surface area contributed by atoms with Gasteiger partial charge in [-0.3, -0.25) is 4.79 Å². The minimum Gasteiger partial charge on any atom is -0.493 e. The molecule has 4 aromatic carbocycles. The lowest BCUT2D eigenvalue weighted by Gasteiger charge is -2.12. The fourth-order valence-electron chi connectivity index (χ4n) is 4.53. The average molecular weight is 494 g/mol. The Morgan fingerprint density at radius 1 is 1.00 bits per heavy atom. The Bertz CT molecular complexity index is 1600. The van der Waals surface area contributed by atoms with Crippen LogP contribution in [0.2, 0.25) is 0 Å². The van der Waals surface area contributed by atoms with Crippen LogP contribution < -0.4 is 10.1 Å². The third kappa shape index (κ3) is 5.41. The smallest absolute Gasteiger partial charge is 0.244 e. The first-order valence-electron chi connectivity index (χ1n) is 12.4. The number of carbonyl (C=O) groups excluding carboxylic acids is 1. The van der Waals surface area contributed by atoms with Crippen LogP contribution in [0.1, 0.15) is 25.0 Å². The summed E-state index contributed by atoms with van der Waals surface area (Å²) in [6.07, 6.45) is 3.98. The molecule has 0 fully saturated rings. The molecular weight excluding hydrogens is 465 g/mol. The number of halogens is 1. The number of rotatable bonds is 8. The van der Waals surface area contributed by atoms with E-state index in [4.69, 9.17) is 9.15 Å². The van der Waals surface area contributed by atoms with E-state index in [1.54, 1.807) is 24.5 Å². The highest BCUT2D eigenvalue weighted by molar-refractivity contribution is 6.01. The van der Waals surface area contributed by atoms with Gasteiger partial charge >= 0.3 is 0 Å². The quantitative estimate of drug-likeness (QED) is 0.227. The van der Waals surface area contributed by atoms with Crippen LogP contribution in [0.25, 0.3) is 38.4 Å². The number of furan rings is 1. The molecule has 0 aliphatic carbocycles. The van der Waals surface area contributed by atoms with Gasteiger partial charge in [0.05, 0.1) is 12.9 Å². The Morgan fingerprint density at radius 3 is 2.57 bits per heavy atom. The van der Waals surface area contributed by atoms with Gasteiger partial charge in [-0.1, -0.05) is 48.5 Å². The topological polar surface area (TPSA) is 51.5 Å². The number of benzene rings is 4. The van der Waals surface area contributed by atoms with Crippen LogP contribution in [0.15, 0.2) is 95.6 Å². The van der Waals surface area contributed by atoms with Crippen LogP contribution in [-0.2, 0) is 11.2 Å². The van der Waals surface area contributed by atoms with E-state index in [0.717, 1.165) is 44.2 Å². The van der Waals surface area contributed by atoms with Crippen LogP contribution >= 0.6 is 0 Å². The molecule has 0 aliphatic heterocycles. The van der Waals surface area contributed by atoms with Crippen molar-refractivity contribution in [1.82, 2.24) is 5.32 Å². The molecule has 0 spiro atoms. The lowest BCUT2D eigenvalue weighted by molar-refractivity contribution is -0.116. The summed E-state index contributed by atoms with van der Waals surface area (Å²) < 4.78 is 24.9. The molecule has 5 rings (SSSR count). The summed E-state index contributed by atoms with van der Waals surface area (Å²) in [5.74, 6) is 0.209. The Balaban J connectivity index is 1.42. The van der Waals surface area contributed by atoms with Gasteiger partial charge in [-0.15, -0.1) is 0 Å². The first-order chi connectivity index (χ1) is 18.0. The zero-order chi connectivity index (χ0) is 25.8. The Morgan fingerprint density at radius 2 is 1.78 bits per heavy atom. The summed E-state index contributed by atoms with van der Waals surface area (Å²) in [5, 5.41) is 6.22. The number of nitrogens with one attached hydrogen (secondary N) is 1. The number of carbonyl (C=O) groups is 1. The Hall–Kier alpha value is -4.38. The van der Waals surface area contributed by atoms with E-state index in [0.29, 0.717) is 25.3 Å². The third-order valence-electron chi connectivity index (χ3n) is 6.43. The number of amides is 1. The van der Waals surface area contributed by atoms with Gasteiger partial charge in [0.2, 0.25) is 5.91 Å². The van der Waals surface area contributed by atoms with E-state index >= 15 is 0 Å². The van der Waals surface area contributed by atoms with Crippen molar-refractivity contribution in [3.63, 3.8) is 0 Å². The van der Waals surface area contributed by atoms with Gasteiger partial charge in [0.15, 0.2) is 0 Å². The second kappa shape index (κ2) is 10.7. The van der Waals surface area contributed by atoms with Crippen molar-refractivity contribution < 1.29 is 18.3 Å². The van der Waals surface area contributed by atoms with Crippen LogP contribution in [0, 0.1) is 5.82 Å². The zero-order valence-corrected chi connectivity index (χ0v) is 20.9. The predicted octanol–water partition coefficient (Wildman–Crippen LogP) is 7.55. The molecule has 1 amide bonds. The molecule has 1 aromatic heterocycles. The minimum atomic E-state index is -0.269. The van der Waals surface area contributed by atoms with Crippen molar-refractivity contribution in [3.8, 4) is 16.9 Å². The number of allylic oxidation sites excluding steroid dienone is 1. The maximum absolute atomic E-state index is 13.1. The van der Waals surface area contributed by atoms with Gasteiger partial charge < -0.3 is 14.5 Å². The van der Waals surface area contributed by atoms with E-state index in [-0.39, 0.29) is 11.7 Å². The van der Waals surface area contributed by atoms with E-state index in [1.807, 2.05) is 38.1 Å². The first-order valence-corrected chi connectivity index (χ1v) is 12.4. The number of ether oxygens (including phenoxy) is 1. The summed E-state index contributed by atoms with van der Waals surface area (Å²) in [7, 11) is 0. The summed E-state index contributed by atoms with van der Waals surface area (Å²) in [4.78, 5) is 12.7. The van der Waals surface area contributed by atoms with Crippen LogP contribution in [0.3, 0.4) is 0 Å². The number of hydrogen-bond acceptors (Lipinski definition) is 3. The molecular formula is C32H28FNO3. The van der Waals surface area contributed by atoms with Crippen LogP contribution in [0.5, 0.6) is 5.75 Å². The van der Waals surface area contributed by atoms with Crippen LogP contribution in [0.4, 0.5) is 4.39 Å². The van der Waals surface area contributed by atoms with Crippen molar-refractivity contribution in [1.29, 1.82) is 0 Å². The highest BCUT2D eigenvalue weighted by Gasteiger charge is 2.15. The molecule has 4 nitrogen and oxygen atoms in total. The minimum absolute atomic E-state index is 0.191. The summed E-state index contributed by atoms with van der Waals surface area (Å²) in [6, 6.07) is 24.9. The molecule has 0 atom stereocenters. The monoisotopic (exact) mass is 493 g/mol. The highest BCUT2D eigenvalue weighted by Crippen LogP contribution is 2.38. The van der Waals surface area contributed by atoms with Crippen molar-refractivity contribution in [2.24, 2.45) is 0 Å². The molecule has 37 heavy (non-hydrogen) atoms. The maximum Gasteiger partial charge on any atom is 0.244 e. The molecule has 1 N–H and O–H groups in total. The van der Waals surface area contributed by atoms with Gasteiger partial charge in [-0.2, -0.15) is 0 Å². The average Bonchev–Trinajstić information content (AvgIpc) is 3.32. The molecule has 186 valence electrons. The van der Waals surface area contributed by atoms with Gasteiger partial charge in [-0.05, 0) is 72.0 Å². The third-order valence-corrected chi connectivity index (χ3v) is 6.43. The van der Waals surface area contributed by atoms with Crippen molar-refractivity contribution in [2.75, 3.05) is 13.2 Å². The predicted molar refractivity (Wildman–Crippen MR) is 147 cm³/mol. The number of fused-ring (bicyclic) bond motifs is 2. The van der Waals surface area contributed by atoms with E-state index in [1.165, 1.54) is 17.5 Å². The molecule has 1 heterocycles. The fraction of sp³-hybridized carbons (Fsp3) is 0.156. The molecule has 5 heteroatoms. The summed E-state index contributed by atoms with van der Waals surface area (Å²) >= 11 is 0. The van der Waals surface area contributed by atoms with Gasteiger partial charge in [-0.25, -0.2) is 4.39 Å². The molecule has 0 saturated carbocycles. The Kier molecular flexibility index (Phi) is 7.04. The SMILES string of the molecule is CCOc1cc2occ(-c3ccc4ccccc4c3)c2cc1/C(C)=C/C(=O)NCCc1ccc(F)cc1. The fourth-order valence-corrected chi connectivity index (χ4v) is 4.53. The van der Waals surface area contributed by atoms with E-state index < -0.39 is 0 Å². The molecule has 5 aromatic rings. The zero-order valence-electron chi connectivity index (χ0n) is 20.9. The maximum atomic E-state index is 13.1. The van der Waals surface area contributed by atoms with Crippen molar-refractivity contribution in [3.05, 3.63) is 108 Å². The lowest BCUT2D eigenvalue weighted by atomic mass is 9.97. The number of hydrogen-bond donors (Lipinski definition) is 1. The van der Waals surface area contributed by atoms with Crippen LogP contribution in [-0.4, -0.2) is 19.1 Å². The first kappa shape index (κ1) is 24.3.